The van der Waals surface area contributed by atoms with E-state index in [0.29, 0.717) is 19.3 Å². The summed E-state index contributed by atoms with van der Waals surface area (Å²) in [6.45, 7) is 6.27. The van der Waals surface area contributed by atoms with Crippen LogP contribution >= 0.6 is 0 Å². The van der Waals surface area contributed by atoms with Crippen molar-refractivity contribution < 1.29 is 28.6 Å². The van der Waals surface area contributed by atoms with Crippen LogP contribution in [0.5, 0.6) is 0 Å². The molecule has 0 spiro atoms. The molecule has 0 aliphatic heterocycles. The number of ether oxygens (including phenoxy) is 3. The summed E-state index contributed by atoms with van der Waals surface area (Å²) in [4.78, 5) is 38.0. The summed E-state index contributed by atoms with van der Waals surface area (Å²) in [6.07, 6.45) is 74.4. The highest BCUT2D eigenvalue weighted by atomic mass is 16.6. The number of unbranched alkanes of at least 4 members (excludes halogenated alkanes) is 16. The molecule has 0 aromatic heterocycles. The summed E-state index contributed by atoms with van der Waals surface area (Å²) >= 11 is 0. The fourth-order valence-electron chi connectivity index (χ4n) is 6.59. The average molecular weight is 911 g/mol. The Hall–Kier alpha value is -4.45. The third kappa shape index (κ3) is 50.5. The highest BCUT2D eigenvalue weighted by Crippen LogP contribution is 2.12. The van der Waals surface area contributed by atoms with Crippen LogP contribution in [-0.4, -0.2) is 37.2 Å². The normalized spacial score (nSPS) is 13.2. The SMILES string of the molecule is CC/C=C/C=C/C=C/C=C/CCCCCC(=O)OCC(COC(=O)CCCCC/C=C/C/C=C/C/C=C/C/C=C/C/C=C/CC)OC(=O)CCCCC/C=C/C=C/CCCCCCCCC. The van der Waals surface area contributed by atoms with E-state index in [1.807, 2.05) is 36.5 Å². The van der Waals surface area contributed by atoms with Crippen molar-refractivity contribution in [1.82, 2.24) is 0 Å². The molecule has 370 valence electrons. The predicted octanol–water partition coefficient (Wildman–Crippen LogP) is 17.5. The van der Waals surface area contributed by atoms with Gasteiger partial charge in [0.15, 0.2) is 6.10 Å². The van der Waals surface area contributed by atoms with Crippen molar-refractivity contribution in [1.29, 1.82) is 0 Å². The maximum Gasteiger partial charge on any atom is 0.306 e. The molecule has 0 fully saturated rings. The summed E-state index contributed by atoms with van der Waals surface area (Å²) in [6, 6.07) is 0. The summed E-state index contributed by atoms with van der Waals surface area (Å²) in [5.41, 5.74) is 0. The van der Waals surface area contributed by atoms with E-state index in [1.54, 1.807) is 0 Å². The van der Waals surface area contributed by atoms with Gasteiger partial charge < -0.3 is 14.2 Å². The van der Waals surface area contributed by atoms with Crippen molar-refractivity contribution >= 4 is 17.9 Å². The summed E-state index contributed by atoms with van der Waals surface area (Å²) in [7, 11) is 0. The molecule has 0 aliphatic carbocycles. The third-order valence-corrected chi connectivity index (χ3v) is 10.5. The van der Waals surface area contributed by atoms with Gasteiger partial charge >= 0.3 is 17.9 Å². The average Bonchev–Trinajstić information content (AvgIpc) is 3.31. The standard InChI is InChI=1S/C60H94O6/c1-4-7-10-13-16-19-22-25-27-29-30-31-33-35-38-41-44-47-50-53-59(62)65-56-57(55-64-58(61)52-49-46-43-40-37-34-24-21-18-15-12-9-6-3)66-60(63)54-51-48-45-42-39-36-32-28-26-23-20-17-14-11-8-5-2/h7,9-10,12,15-16,18-19,21,24-25,27-28,30-32,34-39,57H,4-6,8,11,13-14,17,20,22-23,26,29,33,40-56H2,1-3H3/b10-7+,12-9+,18-15+,19-16+,24-21+,27-25+,31-30+,32-28+,37-34+,38-35+,39-36+. The fraction of sp³-hybridized carbons (Fsp3) is 0.583. The van der Waals surface area contributed by atoms with Gasteiger partial charge in [-0.2, -0.15) is 0 Å². The first-order valence-corrected chi connectivity index (χ1v) is 26.3. The fourth-order valence-corrected chi connectivity index (χ4v) is 6.59. The van der Waals surface area contributed by atoms with E-state index in [9.17, 15) is 14.4 Å². The molecule has 1 atom stereocenters. The first-order valence-electron chi connectivity index (χ1n) is 26.3. The lowest BCUT2D eigenvalue weighted by atomic mass is 10.1. The van der Waals surface area contributed by atoms with Crippen LogP contribution in [0.2, 0.25) is 0 Å². The van der Waals surface area contributed by atoms with Crippen LogP contribution in [0.15, 0.2) is 134 Å². The molecule has 0 aromatic rings. The number of esters is 3. The Morgan fingerprint density at radius 2 is 0.667 bits per heavy atom. The zero-order valence-corrected chi connectivity index (χ0v) is 42.1. The Kier molecular flexibility index (Phi) is 49.6. The first-order chi connectivity index (χ1) is 32.5. The molecule has 0 amide bonds. The highest BCUT2D eigenvalue weighted by Gasteiger charge is 2.19. The van der Waals surface area contributed by atoms with Crippen LogP contribution in [0.25, 0.3) is 0 Å². The van der Waals surface area contributed by atoms with E-state index in [4.69, 9.17) is 14.2 Å². The zero-order valence-electron chi connectivity index (χ0n) is 42.1. The van der Waals surface area contributed by atoms with E-state index >= 15 is 0 Å². The number of carbonyl (C=O) groups excluding carboxylic acids is 3. The number of carbonyl (C=O) groups is 3. The first kappa shape index (κ1) is 61.5. The molecule has 6 nitrogen and oxygen atoms in total. The van der Waals surface area contributed by atoms with E-state index in [2.05, 4.69) is 118 Å². The van der Waals surface area contributed by atoms with E-state index < -0.39 is 6.10 Å². The minimum Gasteiger partial charge on any atom is -0.462 e. The molecule has 1 unspecified atom stereocenters. The summed E-state index contributed by atoms with van der Waals surface area (Å²) < 4.78 is 16.7. The molecule has 0 saturated heterocycles. The lowest BCUT2D eigenvalue weighted by Crippen LogP contribution is -2.30. The minimum atomic E-state index is -0.827. The second-order valence-corrected chi connectivity index (χ2v) is 16.8. The molecule has 6 heteroatoms. The van der Waals surface area contributed by atoms with Gasteiger partial charge in [-0.05, 0) is 109 Å². The van der Waals surface area contributed by atoms with Crippen molar-refractivity contribution in [3.8, 4) is 0 Å². The van der Waals surface area contributed by atoms with Gasteiger partial charge in [0.25, 0.3) is 0 Å². The van der Waals surface area contributed by atoms with Gasteiger partial charge in [0, 0.05) is 19.3 Å². The largest absolute Gasteiger partial charge is 0.462 e. The molecule has 66 heavy (non-hydrogen) atoms. The van der Waals surface area contributed by atoms with Gasteiger partial charge in [-0.25, -0.2) is 0 Å². The van der Waals surface area contributed by atoms with Crippen LogP contribution in [-0.2, 0) is 28.6 Å². The van der Waals surface area contributed by atoms with Gasteiger partial charge in [0.1, 0.15) is 13.2 Å². The molecule has 0 radical (unpaired) electrons. The monoisotopic (exact) mass is 911 g/mol. The number of rotatable bonds is 45. The van der Waals surface area contributed by atoms with Crippen molar-refractivity contribution in [3.05, 3.63) is 134 Å². The number of hydrogen-bond donors (Lipinski definition) is 0. The Labute approximate surface area is 405 Å². The van der Waals surface area contributed by atoms with Crippen LogP contribution in [0.3, 0.4) is 0 Å². The Balaban J connectivity index is 4.56. The van der Waals surface area contributed by atoms with E-state index in [-0.39, 0.29) is 37.5 Å². The molecular formula is C60H94O6. The van der Waals surface area contributed by atoms with Gasteiger partial charge in [-0.1, -0.05) is 212 Å². The van der Waals surface area contributed by atoms with Crippen molar-refractivity contribution in [2.75, 3.05) is 13.2 Å². The molecule has 0 heterocycles. The summed E-state index contributed by atoms with van der Waals surface area (Å²) in [5, 5.41) is 0. The van der Waals surface area contributed by atoms with Gasteiger partial charge in [-0.3, -0.25) is 14.4 Å². The molecule has 0 N–H and O–H groups in total. The highest BCUT2D eigenvalue weighted by molar-refractivity contribution is 5.71. The lowest BCUT2D eigenvalue weighted by molar-refractivity contribution is -0.167. The van der Waals surface area contributed by atoms with Gasteiger partial charge in [0.05, 0.1) is 0 Å². The molecule has 0 aliphatic rings. The number of hydrogen-bond acceptors (Lipinski definition) is 6. The maximum atomic E-state index is 12.8. The number of allylic oxidation sites excluding steroid dienone is 22. The quantitative estimate of drug-likeness (QED) is 0.0199. The maximum absolute atomic E-state index is 12.8. The Bertz CT molecular complexity index is 1460. The van der Waals surface area contributed by atoms with E-state index in [1.165, 1.54) is 44.9 Å². The van der Waals surface area contributed by atoms with Gasteiger partial charge in [-0.15, -0.1) is 0 Å². The van der Waals surface area contributed by atoms with Crippen LogP contribution in [0, 0.1) is 0 Å². The third-order valence-electron chi connectivity index (χ3n) is 10.5. The predicted molar refractivity (Wildman–Crippen MR) is 283 cm³/mol. The zero-order chi connectivity index (χ0) is 47.9. The molecule has 0 bridgehead atoms. The van der Waals surface area contributed by atoms with Crippen molar-refractivity contribution in [2.45, 2.75) is 213 Å². The Morgan fingerprint density at radius 3 is 1.12 bits per heavy atom. The van der Waals surface area contributed by atoms with Crippen molar-refractivity contribution in [2.24, 2.45) is 0 Å². The molecule has 0 saturated carbocycles. The van der Waals surface area contributed by atoms with Crippen LogP contribution in [0.1, 0.15) is 207 Å². The Morgan fingerprint density at radius 1 is 0.333 bits per heavy atom. The topological polar surface area (TPSA) is 78.9 Å². The summed E-state index contributed by atoms with van der Waals surface area (Å²) in [5.74, 6) is -1.03. The smallest absolute Gasteiger partial charge is 0.306 e. The minimum absolute atomic E-state index is 0.124. The van der Waals surface area contributed by atoms with Gasteiger partial charge in [0.2, 0.25) is 0 Å². The van der Waals surface area contributed by atoms with Crippen LogP contribution < -0.4 is 0 Å². The lowest BCUT2D eigenvalue weighted by Gasteiger charge is -2.18. The molecule has 0 rings (SSSR count). The van der Waals surface area contributed by atoms with Crippen molar-refractivity contribution in [3.63, 3.8) is 0 Å². The van der Waals surface area contributed by atoms with Crippen LogP contribution in [0.4, 0.5) is 0 Å². The second-order valence-electron chi connectivity index (χ2n) is 16.8. The van der Waals surface area contributed by atoms with E-state index in [0.717, 1.165) is 116 Å². The molecule has 0 aromatic carbocycles. The molecular weight excluding hydrogens is 817 g/mol. The second kappa shape index (κ2) is 53.2.